The van der Waals surface area contributed by atoms with E-state index in [0.717, 1.165) is 35.3 Å². The summed E-state index contributed by atoms with van der Waals surface area (Å²) in [6, 6.07) is 24.7. The second-order valence-corrected chi connectivity index (χ2v) is 7.86. The monoisotopic (exact) mass is 428 g/mol. The number of phenols is 1. The van der Waals surface area contributed by atoms with Gasteiger partial charge in [0.1, 0.15) is 23.9 Å². The molecule has 1 saturated heterocycles. The number of hydrogen-bond acceptors (Lipinski definition) is 5. The summed E-state index contributed by atoms with van der Waals surface area (Å²) in [5.74, 6) is 1.86. The smallest absolute Gasteiger partial charge is 0.289 e. The lowest BCUT2D eigenvalue weighted by Gasteiger charge is -2.35. The van der Waals surface area contributed by atoms with Crippen molar-refractivity contribution in [2.45, 2.75) is 6.61 Å². The number of nitrogens with zero attached hydrogens (tertiary/aromatic N) is 2. The number of hydrogen-bond donors (Lipinski definition) is 1. The van der Waals surface area contributed by atoms with E-state index in [9.17, 15) is 9.90 Å². The van der Waals surface area contributed by atoms with Crippen molar-refractivity contribution in [2.75, 3.05) is 31.1 Å². The van der Waals surface area contributed by atoms with Gasteiger partial charge in [-0.15, -0.1) is 0 Å². The Morgan fingerprint density at radius 2 is 1.62 bits per heavy atom. The quantitative estimate of drug-likeness (QED) is 0.500. The molecule has 6 nitrogen and oxygen atoms in total. The summed E-state index contributed by atoms with van der Waals surface area (Å²) in [6.07, 6.45) is 0. The molecule has 1 fully saturated rings. The minimum atomic E-state index is -0.104. The molecule has 162 valence electrons. The number of piperazine rings is 1. The Morgan fingerprint density at radius 3 is 2.41 bits per heavy atom. The van der Waals surface area contributed by atoms with Crippen LogP contribution in [0.25, 0.3) is 10.8 Å². The number of amides is 1. The Labute approximate surface area is 186 Å². The standard InChI is InChI=1S/C26H24N2O4/c29-22-8-6-21(7-9-22)27-13-15-28(16-14-27)26(30)25-12-11-24(32-25)18-31-23-10-5-19-3-1-2-4-20(19)17-23/h1-12,17,29H,13-16,18H2. The van der Waals surface area contributed by atoms with Crippen LogP contribution in [-0.4, -0.2) is 42.1 Å². The predicted molar refractivity (Wildman–Crippen MR) is 123 cm³/mol. The molecule has 0 spiro atoms. The molecule has 0 aliphatic carbocycles. The molecule has 2 heterocycles. The molecule has 1 amide bonds. The fraction of sp³-hybridized carbons (Fsp3) is 0.192. The average Bonchev–Trinajstić information content (AvgIpc) is 3.32. The van der Waals surface area contributed by atoms with Crippen LogP contribution in [0.4, 0.5) is 5.69 Å². The van der Waals surface area contributed by atoms with E-state index in [-0.39, 0.29) is 18.3 Å². The number of aromatic hydroxyl groups is 1. The van der Waals surface area contributed by atoms with Crippen molar-refractivity contribution in [1.82, 2.24) is 4.90 Å². The minimum absolute atomic E-state index is 0.104. The molecule has 0 bridgehead atoms. The number of carbonyl (C=O) groups excluding carboxylic acids is 1. The van der Waals surface area contributed by atoms with Crippen LogP contribution >= 0.6 is 0 Å². The Morgan fingerprint density at radius 1 is 0.875 bits per heavy atom. The van der Waals surface area contributed by atoms with E-state index >= 15 is 0 Å². The summed E-state index contributed by atoms with van der Waals surface area (Å²) in [5, 5.41) is 11.7. The molecular formula is C26H24N2O4. The first-order chi connectivity index (χ1) is 15.7. The van der Waals surface area contributed by atoms with E-state index in [1.165, 1.54) is 0 Å². The average molecular weight is 428 g/mol. The highest BCUT2D eigenvalue weighted by Crippen LogP contribution is 2.23. The van der Waals surface area contributed by atoms with Crippen molar-refractivity contribution < 1.29 is 19.1 Å². The molecule has 0 saturated carbocycles. The number of anilines is 1. The van der Waals surface area contributed by atoms with Crippen LogP contribution in [0.1, 0.15) is 16.3 Å². The third-order valence-corrected chi connectivity index (χ3v) is 5.76. The molecule has 1 aliphatic rings. The lowest BCUT2D eigenvalue weighted by molar-refractivity contribution is 0.0710. The zero-order chi connectivity index (χ0) is 21.9. The number of carbonyl (C=O) groups is 1. The summed E-state index contributed by atoms with van der Waals surface area (Å²) in [5.41, 5.74) is 1.04. The molecule has 32 heavy (non-hydrogen) atoms. The van der Waals surface area contributed by atoms with Crippen LogP contribution in [0, 0.1) is 0 Å². The Kier molecular flexibility index (Phi) is 5.42. The zero-order valence-electron chi connectivity index (χ0n) is 17.6. The Hall–Kier alpha value is -3.93. The predicted octanol–water partition coefficient (Wildman–Crippen LogP) is 4.68. The summed E-state index contributed by atoms with van der Waals surface area (Å²) in [4.78, 5) is 16.9. The molecule has 1 N–H and O–H groups in total. The Bertz CT molecular complexity index is 1220. The molecule has 3 aromatic carbocycles. The molecular weight excluding hydrogens is 404 g/mol. The van der Waals surface area contributed by atoms with Gasteiger partial charge in [0.2, 0.25) is 0 Å². The maximum atomic E-state index is 12.9. The Balaban J connectivity index is 1.17. The maximum absolute atomic E-state index is 12.9. The summed E-state index contributed by atoms with van der Waals surface area (Å²) < 4.78 is 11.6. The van der Waals surface area contributed by atoms with Crippen LogP contribution in [0.2, 0.25) is 0 Å². The zero-order valence-corrected chi connectivity index (χ0v) is 17.6. The number of fused-ring (bicyclic) bond motifs is 1. The van der Waals surface area contributed by atoms with Gasteiger partial charge in [-0.3, -0.25) is 4.79 Å². The van der Waals surface area contributed by atoms with Crippen molar-refractivity contribution >= 4 is 22.4 Å². The SMILES string of the molecule is O=C(c1ccc(COc2ccc3ccccc3c2)o1)N1CCN(c2ccc(O)cc2)CC1. The number of ether oxygens (including phenoxy) is 1. The summed E-state index contributed by atoms with van der Waals surface area (Å²) in [7, 11) is 0. The summed E-state index contributed by atoms with van der Waals surface area (Å²) >= 11 is 0. The highest BCUT2D eigenvalue weighted by atomic mass is 16.5. The van der Waals surface area contributed by atoms with Gasteiger partial charge in [-0.05, 0) is 59.3 Å². The molecule has 5 rings (SSSR count). The van der Waals surface area contributed by atoms with E-state index in [2.05, 4.69) is 11.0 Å². The topological polar surface area (TPSA) is 66.2 Å². The summed E-state index contributed by atoms with van der Waals surface area (Å²) in [6.45, 7) is 2.96. The van der Waals surface area contributed by atoms with Crippen molar-refractivity contribution in [3.05, 3.63) is 90.4 Å². The fourth-order valence-electron chi connectivity index (χ4n) is 3.97. The van der Waals surface area contributed by atoms with Gasteiger partial charge in [0, 0.05) is 31.9 Å². The lowest BCUT2D eigenvalue weighted by Crippen LogP contribution is -2.48. The van der Waals surface area contributed by atoms with Gasteiger partial charge in [0.25, 0.3) is 5.91 Å². The fourth-order valence-corrected chi connectivity index (χ4v) is 3.97. The molecule has 0 atom stereocenters. The van der Waals surface area contributed by atoms with Gasteiger partial charge >= 0.3 is 0 Å². The highest BCUT2D eigenvalue weighted by molar-refractivity contribution is 5.91. The maximum Gasteiger partial charge on any atom is 0.289 e. The third kappa shape index (κ3) is 4.25. The van der Waals surface area contributed by atoms with Crippen LogP contribution in [0.15, 0.2) is 83.3 Å². The largest absolute Gasteiger partial charge is 0.508 e. The molecule has 1 aromatic heterocycles. The van der Waals surface area contributed by atoms with Crippen molar-refractivity contribution in [3.8, 4) is 11.5 Å². The second kappa shape index (κ2) is 8.67. The van der Waals surface area contributed by atoms with E-state index in [1.807, 2.05) is 53.4 Å². The molecule has 6 heteroatoms. The van der Waals surface area contributed by atoms with Crippen molar-refractivity contribution in [3.63, 3.8) is 0 Å². The van der Waals surface area contributed by atoms with E-state index in [0.29, 0.717) is 24.6 Å². The van der Waals surface area contributed by atoms with E-state index in [1.54, 1.807) is 24.3 Å². The molecule has 4 aromatic rings. The number of furan rings is 1. The van der Waals surface area contributed by atoms with Gasteiger partial charge in [0.15, 0.2) is 5.76 Å². The third-order valence-electron chi connectivity index (χ3n) is 5.76. The molecule has 1 aliphatic heterocycles. The van der Waals surface area contributed by atoms with Gasteiger partial charge in [-0.1, -0.05) is 30.3 Å². The minimum Gasteiger partial charge on any atom is -0.508 e. The van der Waals surface area contributed by atoms with E-state index < -0.39 is 0 Å². The number of benzene rings is 3. The highest BCUT2D eigenvalue weighted by Gasteiger charge is 2.24. The van der Waals surface area contributed by atoms with Crippen molar-refractivity contribution in [1.29, 1.82) is 0 Å². The van der Waals surface area contributed by atoms with Crippen LogP contribution in [0.5, 0.6) is 11.5 Å². The van der Waals surface area contributed by atoms with Gasteiger partial charge < -0.3 is 24.1 Å². The number of rotatable bonds is 5. The molecule has 0 unspecified atom stereocenters. The lowest BCUT2D eigenvalue weighted by atomic mass is 10.1. The first-order valence-corrected chi connectivity index (χ1v) is 10.7. The second-order valence-electron chi connectivity index (χ2n) is 7.86. The first kappa shape index (κ1) is 20.0. The van der Waals surface area contributed by atoms with Gasteiger partial charge in [-0.25, -0.2) is 0 Å². The van der Waals surface area contributed by atoms with E-state index in [4.69, 9.17) is 9.15 Å². The van der Waals surface area contributed by atoms with Crippen LogP contribution in [-0.2, 0) is 6.61 Å². The van der Waals surface area contributed by atoms with Gasteiger partial charge in [0.05, 0.1) is 0 Å². The van der Waals surface area contributed by atoms with Gasteiger partial charge in [-0.2, -0.15) is 0 Å². The van der Waals surface area contributed by atoms with Crippen molar-refractivity contribution in [2.24, 2.45) is 0 Å². The molecule has 0 radical (unpaired) electrons. The van der Waals surface area contributed by atoms with Crippen LogP contribution < -0.4 is 9.64 Å². The first-order valence-electron chi connectivity index (χ1n) is 10.7. The number of phenolic OH excluding ortho intramolecular Hbond substituents is 1. The van der Waals surface area contributed by atoms with Crippen LogP contribution in [0.3, 0.4) is 0 Å². The normalized spacial score (nSPS) is 14.0.